The Hall–Kier alpha value is -0.340. The molecule has 0 amide bonds. The van der Waals surface area contributed by atoms with Gasteiger partial charge in [0.05, 0.1) is 0 Å². The summed E-state index contributed by atoms with van der Waals surface area (Å²) in [6.45, 7) is 10.7. The number of aryl methyl sites for hydroxylation is 1. The molecule has 0 N–H and O–H groups in total. The van der Waals surface area contributed by atoms with Crippen LogP contribution in [0.4, 0.5) is 0 Å². The highest BCUT2D eigenvalue weighted by molar-refractivity contribution is 7.27. The van der Waals surface area contributed by atoms with Gasteiger partial charge in [0.1, 0.15) is 0 Å². The van der Waals surface area contributed by atoms with Crippen LogP contribution in [0, 0.1) is 6.92 Å². The molecule has 0 spiro atoms. The lowest BCUT2D eigenvalue weighted by Gasteiger charge is -1.96. The van der Waals surface area contributed by atoms with Crippen LogP contribution in [0.5, 0.6) is 0 Å². The first-order valence-corrected chi connectivity index (χ1v) is 6.80. The lowest BCUT2D eigenvalue weighted by Crippen LogP contribution is -1.77. The molecule has 0 bridgehead atoms. The molecule has 2 aromatic rings. The van der Waals surface area contributed by atoms with Crippen LogP contribution in [0.25, 0.3) is 9.40 Å². The fourth-order valence-corrected chi connectivity index (χ4v) is 3.59. The van der Waals surface area contributed by atoms with Crippen molar-refractivity contribution in [2.75, 3.05) is 0 Å². The Balaban J connectivity index is 0.000000461. The Morgan fingerprint density at radius 2 is 1.57 bits per heavy atom. The summed E-state index contributed by atoms with van der Waals surface area (Å²) in [5, 5.41) is 0. The van der Waals surface area contributed by atoms with E-state index in [0.29, 0.717) is 5.92 Å². The number of hydrogen-bond donors (Lipinski definition) is 0. The van der Waals surface area contributed by atoms with E-state index in [1.54, 1.807) is 0 Å². The summed E-state index contributed by atoms with van der Waals surface area (Å²) in [4.78, 5) is 2.93. The van der Waals surface area contributed by atoms with Crippen LogP contribution in [0.2, 0.25) is 0 Å². The lowest BCUT2D eigenvalue weighted by atomic mass is 10.2. The zero-order valence-electron chi connectivity index (χ0n) is 9.55. The molecule has 0 saturated heterocycles. The van der Waals surface area contributed by atoms with Crippen molar-refractivity contribution in [3.05, 3.63) is 21.9 Å². The molecule has 0 aliphatic carbocycles. The third-order valence-corrected chi connectivity index (χ3v) is 4.43. The molecule has 0 aromatic carbocycles. The monoisotopic (exact) mass is 226 g/mol. The predicted octanol–water partition coefficient (Wildman–Crippen LogP) is 5.42. The van der Waals surface area contributed by atoms with Crippen LogP contribution in [0.1, 0.15) is 43.4 Å². The molecule has 2 rings (SSSR count). The van der Waals surface area contributed by atoms with E-state index in [-0.39, 0.29) is 0 Å². The molecule has 0 saturated carbocycles. The van der Waals surface area contributed by atoms with E-state index >= 15 is 0 Å². The highest BCUT2D eigenvalue weighted by Crippen LogP contribution is 2.35. The molecule has 0 fully saturated rings. The normalized spacial score (nSPS) is 10.4. The molecule has 0 aliphatic rings. The Kier molecular flexibility index (Phi) is 4.14. The summed E-state index contributed by atoms with van der Waals surface area (Å²) >= 11 is 3.84. The van der Waals surface area contributed by atoms with Gasteiger partial charge in [0, 0.05) is 19.2 Å². The van der Waals surface area contributed by atoms with E-state index < -0.39 is 0 Å². The van der Waals surface area contributed by atoms with Crippen LogP contribution in [-0.4, -0.2) is 0 Å². The van der Waals surface area contributed by atoms with Gasteiger partial charge in [-0.05, 0) is 25.0 Å². The van der Waals surface area contributed by atoms with E-state index in [0.717, 1.165) is 0 Å². The molecular formula is C12H18S2. The highest BCUT2D eigenvalue weighted by Gasteiger charge is 2.06. The van der Waals surface area contributed by atoms with Crippen LogP contribution in [0.3, 0.4) is 0 Å². The van der Waals surface area contributed by atoms with Crippen LogP contribution >= 0.6 is 22.7 Å². The van der Waals surface area contributed by atoms with Crippen molar-refractivity contribution >= 4 is 32.1 Å². The number of thiophene rings is 2. The molecule has 2 heterocycles. The van der Waals surface area contributed by atoms with E-state index in [1.807, 2.05) is 36.5 Å². The fourth-order valence-electron chi connectivity index (χ4n) is 1.26. The maximum atomic E-state index is 2.34. The maximum absolute atomic E-state index is 2.34. The second-order valence-electron chi connectivity index (χ2n) is 3.39. The average molecular weight is 226 g/mol. The molecule has 14 heavy (non-hydrogen) atoms. The van der Waals surface area contributed by atoms with Crippen molar-refractivity contribution in [1.29, 1.82) is 0 Å². The smallest absolute Gasteiger partial charge is 0.0456 e. The van der Waals surface area contributed by atoms with Crippen molar-refractivity contribution in [1.82, 2.24) is 0 Å². The third-order valence-electron chi connectivity index (χ3n) is 1.92. The van der Waals surface area contributed by atoms with Gasteiger partial charge < -0.3 is 0 Å². The van der Waals surface area contributed by atoms with E-state index in [9.17, 15) is 0 Å². The lowest BCUT2D eigenvalue weighted by molar-refractivity contribution is 0.891. The van der Waals surface area contributed by atoms with Crippen molar-refractivity contribution in [2.24, 2.45) is 0 Å². The Morgan fingerprint density at radius 1 is 1.00 bits per heavy atom. The standard InChI is InChI=1S/C10H12S2.C2H6/c1-6(2)8-5-10-9(12-8)4-7(3)11-10;1-2/h4-6H,1-3H3;1-2H3. The minimum absolute atomic E-state index is 0.676. The Morgan fingerprint density at radius 3 is 2.07 bits per heavy atom. The maximum Gasteiger partial charge on any atom is 0.0456 e. The van der Waals surface area contributed by atoms with Gasteiger partial charge >= 0.3 is 0 Å². The quantitative estimate of drug-likeness (QED) is 0.609. The van der Waals surface area contributed by atoms with E-state index in [1.165, 1.54) is 19.2 Å². The summed E-state index contributed by atoms with van der Waals surface area (Å²) in [7, 11) is 0. The predicted molar refractivity (Wildman–Crippen MR) is 69.9 cm³/mol. The summed E-state index contributed by atoms with van der Waals surface area (Å²) < 4.78 is 2.92. The van der Waals surface area contributed by atoms with Gasteiger partial charge in [0.15, 0.2) is 0 Å². The van der Waals surface area contributed by atoms with Gasteiger partial charge in [-0.2, -0.15) is 0 Å². The summed E-state index contributed by atoms with van der Waals surface area (Å²) in [6.07, 6.45) is 0. The molecule has 0 nitrogen and oxygen atoms in total. The first kappa shape index (κ1) is 11.7. The molecule has 0 aliphatic heterocycles. The largest absolute Gasteiger partial charge is 0.140 e. The fraction of sp³-hybridized carbons (Fsp3) is 0.500. The van der Waals surface area contributed by atoms with Crippen molar-refractivity contribution in [3.8, 4) is 0 Å². The topological polar surface area (TPSA) is 0 Å². The van der Waals surface area contributed by atoms with Crippen LogP contribution in [0.15, 0.2) is 12.1 Å². The summed E-state index contributed by atoms with van der Waals surface area (Å²) in [6, 6.07) is 4.62. The molecule has 78 valence electrons. The summed E-state index contributed by atoms with van der Waals surface area (Å²) in [5.74, 6) is 0.676. The Bertz CT molecular complexity index is 362. The minimum atomic E-state index is 0.676. The van der Waals surface area contributed by atoms with Crippen LogP contribution in [-0.2, 0) is 0 Å². The zero-order valence-corrected chi connectivity index (χ0v) is 11.2. The molecule has 2 heteroatoms. The summed E-state index contributed by atoms with van der Waals surface area (Å²) in [5.41, 5.74) is 0. The van der Waals surface area contributed by atoms with Gasteiger partial charge in [0.2, 0.25) is 0 Å². The van der Waals surface area contributed by atoms with Gasteiger partial charge in [-0.15, -0.1) is 22.7 Å². The molecule has 2 aromatic heterocycles. The van der Waals surface area contributed by atoms with Gasteiger partial charge in [-0.25, -0.2) is 0 Å². The van der Waals surface area contributed by atoms with Gasteiger partial charge in [-0.1, -0.05) is 27.7 Å². The Labute approximate surface area is 94.6 Å². The SMILES string of the molecule is CC.Cc1cc2sc(C(C)C)cc2s1. The first-order chi connectivity index (χ1) is 6.66. The number of hydrogen-bond acceptors (Lipinski definition) is 2. The third kappa shape index (κ3) is 2.37. The minimum Gasteiger partial charge on any atom is -0.140 e. The molecule has 0 unspecified atom stereocenters. The highest BCUT2D eigenvalue weighted by atomic mass is 32.1. The first-order valence-electron chi connectivity index (χ1n) is 5.16. The molecular weight excluding hydrogens is 208 g/mol. The van der Waals surface area contributed by atoms with Crippen molar-refractivity contribution in [2.45, 2.75) is 40.5 Å². The van der Waals surface area contributed by atoms with Gasteiger partial charge in [0.25, 0.3) is 0 Å². The van der Waals surface area contributed by atoms with E-state index in [2.05, 4.69) is 32.9 Å². The number of fused-ring (bicyclic) bond motifs is 1. The van der Waals surface area contributed by atoms with E-state index in [4.69, 9.17) is 0 Å². The van der Waals surface area contributed by atoms with Gasteiger partial charge in [-0.3, -0.25) is 0 Å². The second-order valence-corrected chi connectivity index (χ2v) is 5.79. The van der Waals surface area contributed by atoms with Crippen molar-refractivity contribution < 1.29 is 0 Å². The number of rotatable bonds is 1. The molecule has 0 radical (unpaired) electrons. The zero-order chi connectivity index (χ0) is 10.7. The second kappa shape index (κ2) is 4.94. The molecule has 0 atom stereocenters. The van der Waals surface area contributed by atoms with Crippen molar-refractivity contribution in [3.63, 3.8) is 0 Å². The average Bonchev–Trinajstić information content (AvgIpc) is 2.64. The van der Waals surface area contributed by atoms with Crippen LogP contribution < -0.4 is 0 Å².